The minimum atomic E-state index is -0.00432. The highest BCUT2D eigenvalue weighted by Gasteiger charge is 2.26. The van der Waals surface area contributed by atoms with Crippen LogP contribution in [0, 0.1) is 0 Å². The highest BCUT2D eigenvalue weighted by Crippen LogP contribution is 2.42. The van der Waals surface area contributed by atoms with Crippen LogP contribution in [-0.4, -0.2) is 11.0 Å². The number of nitrogens with one attached hydrogen (secondary N) is 3. The summed E-state index contributed by atoms with van der Waals surface area (Å²) in [6.45, 7) is 0. The largest absolute Gasteiger partial charge is 0.375 e. The van der Waals surface area contributed by atoms with Crippen LogP contribution < -0.4 is 16.0 Å². The average molecular weight is 771 g/mol. The molecular weight excluding hydrogens is 729 g/mol. The van der Waals surface area contributed by atoms with Crippen LogP contribution in [0.25, 0.3) is 67.1 Å². The van der Waals surface area contributed by atoms with E-state index in [1.165, 1.54) is 60.5 Å². The number of benzene rings is 7. The summed E-state index contributed by atoms with van der Waals surface area (Å²) >= 11 is 0. The number of dihydropyridines is 1. The summed E-state index contributed by atoms with van der Waals surface area (Å²) in [5, 5.41) is 18.0. The van der Waals surface area contributed by atoms with Crippen LogP contribution in [0.5, 0.6) is 0 Å². The molecule has 3 unspecified atom stereocenters. The summed E-state index contributed by atoms with van der Waals surface area (Å²) in [4.78, 5) is 5.20. The highest BCUT2D eigenvalue weighted by molar-refractivity contribution is 5.99. The van der Waals surface area contributed by atoms with Crippen molar-refractivity contribution in [3.8, 4) is 11.3 Å². The first kappa shape index (κ1) is 34.6. The van der Waals surface area contributed by atoms with Gasteiger partial charge in [0.25, 0.3) is 0 Å². The van der Waals surface area contributed by atoms with Crippen LogP contribution in [0.15, 0.2) is 188 Å². The van der Waals surface area contributed by atoms with Gasteiger partial charge in [-0.25, -0.2) is 4.98 Å². The SMILES string of the molecule is C1=CC(c2ccc(C3C=Cc4ccc5ccc(-c6ccccc6)nc5c4N3)c3ccccc23)Nc2cc(C3=CC=C4CCC(c5cccc6ccccc56)=CC4N3)ccc21. The number of hydrogen-bond acceptors (Lipinski definition) is 4. The molecule has 60 heavy (non-hydrogen) atoms. The van der Waals surface area contributed by atoms with Crippen LogP contribution >= 0.6 is 0 Å². The van der Waals surface area contributed by atoms with Crippen LogP contribution in [0.1, 0.15) is 58.3 Å². The minimum absolute atomic E-state index is 0.00432. The van der Waals surface area contributed by atoms with E-state index in [1.807, 2.05) is 6.07 Å². The van der Waals surface area contributed by atoms with Crippen molar-refractivity contribution in [2.75, 3.05) is 10.6 Å². The molecule has 0 fully saturated rings. The van der Waals surface area contributed by atoms with Crippen molar-refractivity contribution in [3.63, 3.8) is 0 Å². The maximum absolute atomic E-state index is 5.20. The van der Waals surface area contributed by atoms with Crippen LogP contribution in [0.3, 0.4) is 0 Å². The van der Waals surface area contributed by atoms with E-state index in [0.29, 0.717) is 0 Å². The summed E-state index contributed by atoms with van der Waals surface area (Å²) in [6, 6.07) is 55.0. The lowest BCUT2D eigenvalue weighted by atomic mass is 9.84. The summed E-state index contributed by atoms with van der Waals surface area (Å²) < 4.78 is 0. The highest BCUT2D eigenvalue weighted by atomic mass is 15.0. The van der Waals surface area contributed by atoms with Crippen molar-refractivity contribution < 1.29 is 0 Å². The molecule has 1 aromatic heterocycles. The summed E-state index contributed by atoms with van der Waals surface area (Å²) in [5.41, 5.74) is 16.7. The number of pyridine rings is 1. The van der Waals surface area contributed by atoms with Gasteiger partial charge >= 0.3 is 0 Å². The number of aromatic nitrogens is 1. The third kappa shape index (κ3) is 5.95. The van der Waals surface area contributed by atoms with Gasteiger partial charge < -0.3 is 16.0 Å². The predicted octanol–water partition coefficient (Wildman–Crippen LogP) is 13.7. The molecule has 0 saturated heterocycles. The normalized spacial score (nSPS) is 18.9. The van der Waals surface area contributed by atoms with Gasteiger partial charge in [-0.1, -0.05) is 176 Å². The Morgan fingerprint density at radius 1 is 0.500 bits per heavy atom. The van der Waals surface area contributed by atoms with Crippen LogP contribution in [-0.2, 0) is 0 Å². The number of nitrogens with zero attached hydrogens (tertiary/aromatic N) is 1. The average Bonchev–Trinajstić information content (AvgIpc) is 3.32. The molecule has 3 atom stereocenters. The fraction of sp³-hybridized carbons (Fsp3) is 0.0893. The van der Waals surface area contributed by atoms with Crippen LogP contribution in [0.2, 0.25) is 0 Å². The molecule has 3 aliphatic heterocycles. The summed E-state index contributed by atoms with van der Waals surface area (Å²) in [5.74, 6) is 0. The zero-order chi connectivity index (χ0) is 39.6. The fourth-order valence-corrected chi connectivity index (χ4v) is 9.79. The van der Waals surface area contributed by atoms with Gasteiger partial charge in [-0.2, -0.15) is 0 Å². The molecule has 0 saturated carbocycles. The first-order valence-corrected chi connectivity index (χ1v) is 21.1. The first-order chi connectivity index (χ1) is 29.7. The Bertz CT molecular complexity index is 3200. The number of hydrogen-bond donors (Lipinski definition) is 3. The van der Waals surface area contributed by atoms with Gasteiger partial charge in [0.2, 0.25) is 0 Å². The number of anilines is 2. The van der Waals surface area contributed by atoms with E-state index >= 15 is 0 Å². The number of rotatable bonds is 5. The minimum Gasteiger partial charge on any atom is -0.375 e. The smallest absolute Gasteiger partial charge is 0.0947 e. The van der Waals surface area contributed by atoms with Gasteiger partial charge in [0.15, 0.2) is 0 Å². The third-order valence-electron chi connectivity index (χ3n) is 12.9. The van der Waals surface area contributed by atoms with Gasteiger partial charge in [0.1, 0.15) is 0 Å². The Morgan fingerprint density at radius 3 is 2.07 bits per heavy atom. The topological polar surface area (TPSA) is 49.0 Å². The molecule has 1 aliphatic carbocycles. The zero-order valence-electron chi connectivity index (χ0n) is 33.1. The van der Waals surface area contributed by atoms with E-state index in [2.05, 4.69) is 204 Å². The van der Waals surface area contributed by atoms with E-state index in [4.69, 9.17) is 4.98 Å². The van der Waals surface area contributed by atoms with Gasteiger partial charge in [0, 0.05) is 22.3 Å². The van der Waals surface area contributed by atoms with Crippen molar-refractivity contribution in [1.29, 1.82) is 0 Å². The van der Waals surface area contributed by atoms with Crippen LogP contribution in [0.4, 0.5) is 11.4 Å². The first-order valence-electron chi connectivity index (χ1n) is 21.1. The third-order valence-corrected chi connectivity index (χ3v) is 12.9. The van der Waals surface area contributed by atoms with Gasteiger partial charge in [0.05, 0.1) is 35.0 Å². The molecular formula is C56H42N4. The van der Waals surface area contributed by atoms with Crippen molar-refractivity contribution in [2.24, 2.45) is 0 Å². The summed E-state index contributed by atoms with van der Waals surface area (Å²) in [6.07, 6.45) is 18.3. The summed E-state index contributed by atoms with van der Waals surface area (Å²) in [7, 11) is 0. The number of fused-ring (bicyclic) bond motifs is 7. The molecule has 4 heteroatoms. The standard InChI is InChI=1S/C56H42N4/c1-2-10-36(11-3-1)49-30-25-39-19-20-40-26-32-52(60-56(40)55(39)59-49)48-28-27-47(45-14-6-7-15-46(45)48)51-31-24-38-18-22-42(34-54(38)58-51)50-29-23-37-17-21-41(33-53(37)57-50)44-16-8-12-35-9-4-5-13-43(35)44/h1-16,18-20,22-34,51-53,57-58,60H,17,21H2. The van der Waals surface area contributed by atoms with Crippen molar-refractivity contribution in [3.05, 3.63) is 221 Å². The monoisotopic (exact) mass is 770 g/mol. The van der Waals surface area contributed by atoms with E-state index in [1.54, 1.807) is 0 Å². The Hall–Kier alpha value is -7.43. The zero-order valence-corrected chi connectivity index (χ0v) is 33.1. The molecule has 0 amide bonds. The molecule has 4 heterocycles. The maximum Gasteiger partial charge on any atom is 0.0947 e. The molecule has 0 spiro atoms. The lowest BCUT2D eigenvalue weighted by Gasteiger charge is -2.31. The maximum atomic E-state index is 5.20. The van der Waals surface area contributed by atoms with Gasteiger partial charge in [-0.3, -0.25) is 0 Å². The Morgan fingerprint density at radius 2 is 1.22 bits per heavy atom. The molecule has 3 N–H and O–H groups in total. The Balaban J connectivity index is 0.823. The van der Waals surface area contributed by atoms with E-state index < -0.39 is 0 Å². The second-order valence-corrected chi connectivity index (χ2v) is 16.4. The molecule has 7 aromatic carbocycles. The fourth-order valence-electron chi connectivity index (χ4n) is 9.79. The Labute approximate surface area is 350 Å². The molecule has 0 bridgehead atoms. The molecule has 8 aromatic rings. The molecule has 12 rings (SSSR count). The predicted molar refractivity (Wildman–Crippen MR) is 253 cm³/mol. The van der Waals surface area contributed by atoms with Crippen molar-refractivity contribution >= 4 is 67.2 Å². The van der Waals surface area contributed by atoms with Gasteiger partial charge in [-0.05, 0) is 97.1 Å². The molecule has 4 aliphatic rings. The second-order valence-electron chi connectivity index (χ2n) is 16.4. The second kappa shape index (κ2) is 14.1. The van der Waals surface area contributed by atoms with Crippen molar-refractivity contribution in [1.82, 2.24) is 10.3 Å². The lowest BCUT2D eigenvalue weighted by Crippen LogP contribution is -2.32. The van der Waals surface area contributed by atoms with E-state index in [0.717, 1.165) is 57.6 Å². The van der Waals surface area contributed by atoms with Gasteiger partial charge in [-0.15, -0.1) is 0 Å². The van der Waals surface area contributed by atoms with E-state index in [-0.39, 0.29) is 18.1 Å². The van der Waals surface area contributed by atoms with E-state index in [9.17, 15) is 0 Å². The lowest BCUT2D eigenvalue weighted by molar-refractivity contribution is 0.730. The molecule has 4 nitrogen and oxygen atoms in total. The molecule has 0 radical (unpaired) electrons. The number of allylic oxidation sites excluding steroid dienone is 3. The quantitative estimate of drug-likeness (QED) is 0.163. The van der Waals surface area contributed by atoms with Crippen molar-refractivity contribution in [2.45, 2.75) is 31.0 Å². The molecule has 286 valence electrons. The Kier molecular flexibility index (Phi) is 8.15.